The average Bonchev–Trinajstić information content (AvgIpc) is 3.09. The van der Waals surface area contributed by atoms with E-state index >= 15 is 0 Å². The summed E-state index contributed by atoms with van der Waals surface area (Å²) in [7, 11) is 0. The zero-order valence-electron chi connectivity index (χ0n) is 12.9. The van der Waals surface area contributed by atoms with Gasteiger partial charge in [0.05, 0.1) is 13.2 Å². The third-order valence-corrected chi connectivity index (χ3v) is 4.78. The van der Waals surface area contributed by atoms with Crippen LogP contribution >= 0.6 is 27.3 Å². The van der Waals surface area contributed by atoms with Crippen molar-refractivity contribution in [3.63, 3.8) is 0 Å². The van der Waals surface area contributed by atoms with Crippen LogP contribution in [-0.2, 0) is 4.74 Å². The van der Waals surface area contributed by atoms with E-state index in [4.69, 9.17) is 4.74 Å². The number of hydrogen-bond donors (Lipinski definition) is 2. The molecule has 0 unspecified atom stereocenters. The summed E-state index contributed by atoms with van der Waals surface area (Å²) in [5, 5.41) is 2.35. The smallest absolute Gasteiger partial charge is 0.289 e. The van der Waals surface area contributed by atoms with Crippen molar-refractivity contribution < 1.29 is 18.7 Å². The molecule has 0 atom stereocenters. The molecule has 1 aliphatic rings. The van der Waals surface area contributed by atoms with Gasteiger partial charge in [0.2, 0.25) is 0 Å². The lowest BCUT2D eigenvalue weighted by Gasteiger charge is -2.25. The van der Waals surface area contributed by atoms with Gasteiger partial charge in [-0.15, -0.1) is 11.3 Å². The molecular weight excluding hydrogens is 415 g/mol. The third kappa shape index (κ3) is 4.53. The van der Waals surface area contributed by atoms with Crippen LogP contribution in [-0.4, -0.2) is 43.1 Å². The van der Waals surface area contributed by atoms with Crippen molar-refractivity contribution in [2.75, 3.05) is 31.2 Å². The molecule has 7 nitrogen and oxygen atoms in total. The van der Waals surface area contributed by atoms with Crippen LogP contribution in [0.15, 0.2) is 28.1 Å². The molecule has 0 saturated carbocycles. The Morgan fingerprint density at radius 2 is 1.92 bits per heavy atom. The molecule has 1 saturated heterocycles. The quantitative estimate of drug-likeness (QED) is 0.729. The highest BCUT2D eigenvalue weighted by molar-refractivity contribution is 9.10. The minimum atomic E-state index is -0.628. The molecule has 2 amide bonds. The second-order valence-corrected chi connectivity index (χ2v) is 6.93. The molecule has 0 aliphatic carbocycles. The fourth-order valence-electron chi connectivity index (χ4n) is 2.20. The molecule has 0 spiro atoms. The SMILES string of the molecule is O=C(NNC(=O)c1csc(N2CCOCC2)n1)c1cc(F)cc(Br)c1. The lowest BCUT2D eigenvalue weighted by Crippen LogP contribution is -2.42. The van der Waals surface area contributed by atoms with Crippen molar-refractivity contribution in [1.29, 1.82) is 0 Å². The molecule has 132 valence electrons. The lowest BCUT2D eigenvalue weighted by atomic mass is 10.2. The van der Waals surface area contributed by atoms with Crippen LogP contribution in [0.25, 0.3) is 0 Å². The first-order valence-electron chi connectivity index (χ1n) is 7.38. The van der Waals surface area contributed by atoms with Crippen molar-refractivity contribution in [1.82, 2.24) is 15.8 Å². The lowest BCUT2D eigenvalue weighted by molar-refractivity contribution is 0.0844. The number of carbonyl (C=O) groups is 2. The molecule has 2 heterocycles. The Balaban J connectivity index is 1.59. The number of hydrazine groups is 1. The molecule has 10 heteroatoms. The topological polar surface area (TPSA) is 83.6 Å². The Morgan fingerprint density at radius 3 is 2.64 bits per heavy atom. The largest absolute Gasteiger partial charge is 0.378 e. The Morgan fingerprint density at radius 1 is 1.20 bits per heavy atom. The Bertz CT molecular complexity index is 775. The fraction of sp³-hybridized carbons (Fsp3) is 0.267. The van der Waals surface area contributed by atoms with Crippen LogP contribution in [0.3, 0.4) is 0 Å². The summed E-state index contributed by atoms with van der Waals surface area (Å²) in [5.74, 6) is -1.72. The Hall–Kier alpha value is -2.04. The maximum atomic E-state index is 13.3. The van der Waals surface area contributed by atoms with Gasteiger partial charge in [-0.2, -0.15) is 0 Å². The monoisotopic (exact) mass is 428 g/mol. The third-order valence-electron chi connectivity index (χ3n) is 3.42. The number of ether oxygens (including phenoxy) is 1. The standard InChI is InChI=1S/C15H14BrFN4O3S/c16-10-5-9(6-11(17)7-10)13(22)19-20-14(23)12-8-25-15(18-12)21-1-3-24-4-2-21/h5-8H,1-4H2,(H,19,22)(H,20,23). The summed E-state index contributed by atoms with van der Waals surface area (Å²) in [5.41, 5.74) is 4.81. The molecule has 0 radical (unpaired) electrons. The van der Waals surface area contributed by atoms with Gasteiger partial charge in [-0.25, -0.2) is 9.37 Å². The Labute approximate surface area is 155 Å². The van der Waals surface area contributed by atoms with E-state index in [0.29, 0.717) is 17.7 Å². The number of carbonyl (C=O) groups excluding carboxylic acids is 2. The highest BCUT2D eigenvalue weighted by Gasteiger charge is 2.18. The zero-order chi connectivity index (χ0) is 17.8. The maximum absolute atomic E-state index is 13.3. The van der Waals surface area contributed by atoms with Gasteiger partial charge in [-0.05, 0) is 18.2 Å². The molecule has 1 aromatic heterocycles. The number of anilines is 1. The van der Waals surface area contributed by atoms with Crippen molar-refractivity contribution in [2.24, 2.45) is 0 Å². The Kier molecular flexibility index (Phi) is 5.61. The molecule has 2 aromatic rings. The van der Waals surface area contributed by atoms with E-state index in [1.807, 2.05) is 4.90 Å². The highest BCUT2D eigenvalue weighted by atomic mass is 79.9. The summed E-state index contributed by atoms with van der Waals surface area (Å²) < 4.78 is 19.0. The molecule has 3 rings (SSSR count). The van der Waals surface area contributed by atoms with Crippen LogP contribution in [0.2, 0.25) is 0 Å². The number of halogens is 2. The molecule has 25 heavy (non-hydrogen) atoms. The number of amides is 2. The second kappa shape index (κ2) is 7.89. The first-order valence-corrected chi connectivity index (χ1v) is 9.05. The van der Waals surface area contributed by atoms with Crippen molar-refractivity contribution in [3.8, 4) is 0 Å². The van der Waals surface area contributed by atoms with Gasteiger partial charge in [-0.1, -0.05) is 15.9 Å². The number of nitrogens with one attached hydrogen (secondary N) is 2. The van der Waals surface area contributed by atoms with Crippen LogP contribution in [0.1, 0.15) is 20.8 Å². The maximum Gasteiger partial charge on any atom is 0.289 e. The summed E-state index contributed by atoms with van der Waals surface area (Å²) in [6, 6.07) is 3.76. The minimum Gasteiger partial charge on any atom is -0.378 e. The van der Waals surface area contributed by atoms with Gasteiger partial charge in [0.25, 0.3) is 11.8 Å². The van der Waals surface area contributed by atoms with Gasteiger partial charge in [-0.3, -0.25) is 20.4 Å². The first kappa shape index (κ1) is 17.8. The van der Waals surface area contributed by atoms with Crippen molar-refractivity contribution in [3.05, 3.63) is 45.1 Å². The van der Waals surface area contributed by atoms with Gasteiger partial charge in [0, 0.05) is 28.5 Å². The van der Waals surface area contributed by atoms with E-state index in [-0.39, 0.29) is 11.3 Å². The molecular formula is C15H14BrFN4O3S. The molecule has 1 aromatic carbocycles. The van der Waals surface area contributed by atoms with Crippen molar-refractivity contribution >= 4 is 44.2 Å². The fourth-order valence-corrected chi connectivity index (χ4v) is 3.53. The van der Waals surface area contributed by atoms with Crippen molar-refractivity contribution in [2.45, 2.75) is 0 Å². The summed E-state index contributed by atoms with van der Waals surface area (Å²) in [4.78, 5) is 30.4. The summed E-state index contributed by atoms with van der Waals surface area (Å²) in [6.45, 7) is 2.69. The average molecular weight is 429 g/mol. The molecule has 2 N–H and O–H groups in total. The van der Waals surface area contributed by atoms with Crippen LogP contribution in [0, 0.1) is 5.82 Å². The van der Waals surface area contributed by atoms with Crippen LogP contribution in [0.5, 0.6) is 0 Å². The number of benzene rings is 1. The summed E-state index contributed by atoms with van der Waals surface area (Å²) >= 11 is 4.46. The summed E-state index contributed by atoms with van der Waals surface area (Å²) in [6.07, 6.45) is 0. The van der Waals surface area contributed by atoms with Gasteiger partial charge < -0.3 is 9.64 Å². The van der Waals surface area contributed by atoms with Crippen LogP contribution < -0.4 is 15.8 Å². The second-order valence-electron chi connectivity index (χ2n) is 5.18. The van der Waals surface area contributed by atoms with E-state index < -0.39 is 17.6 Å². The predicted molar refractivity (Wildman–Crippen MR) is 94.2 cm³/mol. The molecule has 1 aliphatic heterocycles. The highest BCUT2D eigenvalue weighted by Crippen LogP contribution is 2.21. The number of hydrogen-bond acceptors (Lipinski definition) is 6. The predicted octanol–water partition coefficient (Wildman–Crippen LogP) is 1.96. The normalized spacial score (nSPS) is 14.2. The van der Waals surface area contributed by atoms with Crippen LogP contribution in [0.4, 0.5) is 9.52 Å². The van der Waals surface area contributed by atoms with Gasteiger partial charge in [0.15, 0.2) is 5.13 Å². The molecule has 0 bridgehead atoms. The van der Waals surface area contributed by atoms with E-state index in [2.05, 4.69) is 31.8 Å². The number of morpholine rings is 1. The van der Waals surface area contributed by atoms with Gasteiger partial charge >= 0.3 is 0 Å². The first-order chi connectivity index (χ1) is 12.0. The molecule has 1 fully saturated rings. The van der Waals surface area contributed by atoms with E-state index in [0.717, 1.165) is 24.3 Å². The van der Waals surface area contributed by atoms with E-state index in [9.17, 15) is 14.0 Å². The number of nitrogens with zero attached hydrogens (tertiary/aromatic N) is 2. The minimum absolute atomic E-state index is 0.0828. The number of thiazole rings is 1. The number of aromatic nitrogens is 1. The van der Waals surface area contributed by atoms with E-state index in [1.165, 1.54) is 23.5 Å². The van der Waals surface area contributed by atoms with Gasteiger partial charge in [0.1, 0.15) is 11.5 Å². The zero-order valence-corrected chi connectivity index (χ0v) is 15.3. The van der Waals surface area contributed by atoms with E-state index in [1.54, 1.807) is 5.38 Å². The number of rotatable bonds is 3.